The maximum atomic E-state index is 13.6. The molecule has 194 valence electrons. The molecule has 3 aromatic carbocycles. The van der Waals surface area contributed by atoms with E-state index in [1.165, 1.54) is 31.2 Å². The number of rotatable bonds is 6. The number of carbonyl (C=O) groups is 1. The molecule has 10 heteroatoms. The number of anilines is 1. The molecule has 0 aliphatic carbocycles. The second kappa shape index (κ2) is 10.3. The van der Waals surface area contributed by atoms with E-state index in [1.54, 1.807) is 6.07 Å². The molecule has 0 radical (unpaired) electrons. The van der Waals surface area contributed by atoms with Gasteiger partial charge in [0.2, 0.25) is 0 Å². The van der Waals surface area contributed by atoms with Crippen LogP contribution >= 0.6 is 0 Å². The molecule has 0 saturated carbocycles. The first-order chi connectivity index (χ1) is 17.9. The molecule has 1 unspecified atom stereocenters. The van der Waals surface area contributed by atoms with Crippen LogP contribution in [-0.4, -0.2) is 41.1 Å². The zero-order valence-electron chi connectivity index (χ0n) is 20.2. The summed E-state index contributed by atoms with van der Waals surface area (Å²) in [5.74, 6) is -1.28. The van der Waals surface area contributed by atoms with E-state index in [-0.39, 0.29) is 23.7 Å². The molecule has 1 atom stereocenters. The average Bonchev–Trinajstić information content (AvgIpc) is 2.86. The molecular weight excluding hydrogens is 500 g/mol. The zero-order valence-corrected chi connectivity index (χ0v) is 20.2. The van der Waals surface area contributed by atoms with Crippen LogP contribution in [0.2, 0.25) is 0 Å². The maximum Gasteiger partial charge on any atom is 0.417 e. The molecule has 1 heterocycles. The largest absolute Gasteiger partial charge is 0.417 e. The average molecular weight is 523 g/mol. The third-order valence-electron chi connectivity index (χ3n) is 6.48. The highest BCUT2D eigenvalue weighted by molar-refractivity contribution is 5.97. The summed E-state index contributed by atoms with van der Waals surface area (Å²) < 4.78 is 53.2. The lowest BCUT2D eigenvalue weighted by Gasteiger charge is -2.42. The van der Waals surface area contributed by atoms with Crippen LogP contribution in [0.1, 0.15) is 35.1 Å². The van der Waals surface area contributed by atoms with Crippen LogP contribution in [-0.2, 0) is 11.0 Å². The lowest BCUT2D eigenvalue weighted by atomic mass is 9.88. The van der Waals surface area contributed by atoms with E-state index in [9.17, 15) is 27.5 Å². The Hall–Kier alpha value is -4.25. The summed E-state index contributed by atoms with van der Waals surface area (Å²) in [6, 6.07) is 18.1. The fourth-order valence-corrected chi connectivity index (χ4v) is 4.38. The van der Waals surface area contributed by atoms with Gasteiger partial charge in [-0.05, 0) is 53.9 Å². The van der Waals surface area contributed by atoms with Gasteiger partial charge in [-0.15, -0.1) is 0 Å². The number of hydrogen-bond acceptors (Lipinski definition) is 5. The van der Waals surface area contributed by atoms with Crippen LogP contribution in [0.15, 0.2) is 60.7 Å². The molecule has 1 aliphatic rings. The number of alkyl halides is 3. The van der Waals surface area contributed by atoms with Gasteiger partial charge in [0.15, 0.2) is 5.60 Å². The van der Waals surface area contributed by atoms with Crippen LogP contribution in [0.25, 0.3) is 11.1 Å². The van der Waals surface area contributed by atoms with Crippen LogP contribution in [0.5, 0.6) is 0 Å². The Balaban J connectivity index is 1.35. The highest BCUT2D eigenvalue weighted by atomic mass is 19.4. The summed E-state index contributed by atoms with van der Waals surface area (Å²) in [6.45, 7) is 2.39. The fourth-order valence-electron chi connectivity index (χ4n) is 4.38. The number of nitrogens with one attached hydrogen (secondary N) is 1. The number of aliphatic hydroxyl groups is 1. The molecule has 2 N–H and O–H groups in total. The molecular formula is C28H22F4N4O2. The Bertz CT molecular complexity index is 1450. The third-order valence-corrected chi connectivity index (χ3v) is 6.48. The summed E-state index contributed by atoms with van der Waals surface area (Å²) in [7, 11) is 0. The number of nitrogens with zero attached hydrogens (tertiary/aromatic N) is 3. The van der Waals surface area contributed by atoms with E-state index >= 15 is 0 Å². The van der Waals surface area contributed by atoms with Crippen LogP contribution < -0.4 is 5.32 Å². The van der Waals surface area contributed by atoms with Gasteiger partial charge in [-0.1, -0.05) is 30.3 Å². The van der Waals surface area contributed by atoms with E-state index in [0.717, 1.165) is 22.8 Å². The summed E-state index contributed by atoms with van der Waals surface area (Å²) in [5, 5.41) is 31.0. The fraction of sp³-hybridized carbons (Fsp3) is 0.250. The minimum Gasteiger partial charge on any atom is -0.379 e. The number of likely N-dealkylation sites (tertiary alicyclic amines) is 1. The molecule has 1 saturated heterocycles. The van der Waals surface area contributed by atoms with Crippen LogP contribution in [0, 0.1) is 28.5 Å². The van der Waals surface area contributed by atoms with Crippen molar-refractivity contribution in [2.75, 3.05) is 25.0 Å². The molecule has 0 spiro atoms. The molecule has 1 fully saturated rings. The number of carbonyl (C=O) groups excluding carboxylic acids is 1. The minimum absolute atomic E-state index is 0.0255. The van der Waals surface area contributed by atoms with Crippen molar-refractivity contribution in [2.45, 2.75) is 24.6 Å². The standard InChI is InChI=1S/C28H22F4N4O2/c1-27(38,26(37)35-23-8-6-20(12-33)24(11-23)28(30,31)32)16-36-14-22(15-36)18-4-2-17(3-5-18)19-7-9-25(29)21(10-19)13-34/h2-11,22,38H,14-16H2,1H3,(H,35,37). The van der Waals surface area contributed by atoms with Crippen molar-refractivity contribution in [3.63, 3.8) is 0 Å². The quantitative estimate of drug-likeness (QED) is 0.442. The molecule has 0 bridgehead atoms. The molecule has 38 heavy (non-hydrogen) atoms. The monoisotopic (exact) mass is 522 g/mol. The smallest absolute Gasteiger partial charge is 0.379 e. The Labute approximate surface area is 216 Å². The molecule has 1 amide bonds. The van der Waals surface area contributed by atoms with Gasteiger partial charge >= 0.3 is 6.18 Å². The van der Waals surface area contributed by atoms with Gasteiger partial charge < -0.3 is 10.4 Å². The predicted octanol–water partition coefficient (Wildman–Crippen LogP) is 5.04. The van der Waals surface area contributed by atoms with Gasteiger partial charge in [0.1, 0.15) is 11.9 Å². The molecule has 6 nitrogen and oxygen atoms in total. The van der Waals surface area contributed by atoms with E-state index < -0.39 is 34.6 Å². The Kier molecular flexibility index (Phi) is 7.23. The van der Waals surface area contributed by atoms with Crippen molar-refractivity contribution in [2.24, 2.45) is 0 Å². The van der Waals surface area contributed by atoms with Gasteiger partial charge in [0.25, 0.3) is 5.91 Å². The highest BCUT2D eigenvalue weighted by Crippen LogP contribution is 2.34. The van der Waals surface area contributed by atoms with Crippen molar-refractivity contribution < 1.29 is 27.5 Å². The first kappa shape index (κ1) is 26.8. The summed E-state index contributed by atoms with van der Waals surface area (Å²) in [6.07, 6.45) is -4.77. The number of β-amino-alcohol motifs (C(OH)–C–C–N with tert-alkyl or cyclic N) is 1. The van der Waals surface area contributed by atoms with Crippen molar-refractivity contribution in [1.82, 2.24) is 4.90 Å². The highest BCUT2D eigenvalue weighted by Gasteiger charge is 2.38. The van der Waals surface area contributed by atoms with Crippen molar-refractivity contribution in [1.29, 1.82) is 10.5 Å². The number of halogens is 4. The Morgan fingerprint density at radius 1 is 1.00 bits per heavy atom. The van der Waals surface area contributed by atoms with Crippen LogP contribution in [0.3, 0.4) is 0 Å². The van der Waals surface area contributed by atoms with Gasteiger partial charge in [-0.2, -0.15) is 23.7 Å². The lowest BCUT2D eigenvalue weighted by Crippen LogP contribution is -2.55. The second-order valence-corrected chi connectivity index (χ2v) is 9.42. The van der Waals surface area contributed by atoms with Gasteiger partial charge in [-0.3, -0.25) is 9.69 Å². The summed E-state index contributed by atoms with van der Waals surface area (Å²) in [5.41, 5.74) is -1.22. The normalized spacial score (nSPS) is 15.6. The lowest BCUT2D eigenvalue weighted by molar-refractivity contribution is -0.138. The van der Waals surface area contributed by atoms with E-state index in [1.807, 2.05) is 35.2 Å². The molecule has 4 rings (SSSR count). The van der Waals surface area contributed by atoms with Gasteiger partial charge in [0, 0.05) is 31.2 Å². The first-order valence-corrected chi connectivity index (χ1v) is 11.6. The predicted molar refractivity (Wildman–Crippen MR) is 131 cm³/mol. The zero-order chi connectivity index (χ0) is 27.7. The Morgan fingerprint density at radius 3 is 2.24 bits per heavy atom. The number of hydrogen-bond donors (Lipinski definition) is 2. The summed E-state index contributed by atoms with van der Waals surface area (Å²) in [4.78, 5) is 14.5. The molecule has 3 aromatic rings. The van der Waals surface area contributed by atoms with Crippen molar-refractivity contribution >= 4 is 11.6 Å². The summed E-state index contributed by atoms with van der Waals surface area (Å²) >= 11 is 0. The van der Waals surface area contributed by atoms with Crippen molar-refractivity contribution in [3.05, 3.63) is 88.7 Å². The Morgan fingerprint density at radius 2 is 1.63 bits per heavy atom. The molecule has 0 aromatic heterocycles. The number of amides is 1. The van der Waals surface area contributed by atoms with Crippen LogP contribution in [0.4, 0.5) is 23.2 Å². The van der Waals surface area contributed by atoms with Gasteiger partial charge in [-0.25, -0.2) is 4.39 Å². The molecule has 1 aliphatic heterocycles. The second-order valence-electron chi connectivity index (χ2n) is 9.42. The first-order valence-electron chi connectivity index (χ1n) is 11.6. The van der Waals surface area contributed by atoms with E-state index in [2.05, 4.69) is 5.32 Å². The van der Waals surface area contributed by atoms with E-state index in [0.29, 0.717) is 19.2 Å². The van der Waals surface area contributed by atoms with E-state index in [4.69, 9.17) is 10.5 Å². The number of nitriles is 2. The topological polar surface area (TPSA) is 100 Å². The number of benzene rings is 3. The van der Waals surface area contributed by atoms with Crippen molar-refractivity contribution in [3.8, 4) is 23.3 Å². The maximum absolute atomic E-state index is 13.6. The van der Waals surface area contributed by atoms with Gasteiger partial charge in [0.05, 0.1) is 22.8 Å². The minimum atomic E-state index is -4.77. The SMILES string of the molecule is CC(O)(CN1CC(c2ccc(-c3ccc(F)c(C#N)c3)cc2)C1)C(=O)Nc1ccc(C#N)c(C(F)(F)F)c1. The third kappa shape index (κ3) is 5.67.